The summed E-state index contributed by atoms with van der Waals surface area (Å²) in [6.45, 7) is 3.11. The van der Waals surface area contributed by atoms with Crippen LogP contribution in [0.5, 0.6) is 0 Å². The van der Waals surface area contributed by atoms with Crippen molar-refractivity contribution in [1.82, 2.24) is 10.2 Å². The summed E-state index contributed by atoms with van der Waals surface area (Å²) in [6.07, 6.45) is 6.68. The Hall–Kier alpha value is -0.320. The predicted molar refractivity (Wildman–Crippen MR) is 78.9 cm³/mol. The standard InChI is InChI=1S/C15H24N2O2.ClH/c18-15(14-9-19-2-1-16-14)17-8-12-4-10-3-11(5-12)7-13(17)6-10;/h10-14,16H,1-9H2;1H. The minimum atomic E-state index is -0.0931. The highest BCUT2D eigenvalue weighted by atomic mass is 35.5. The lowest BCUT2D eigenvalue weighted by Crippen LogP contribution is -2.55. The van der Waals surface area contributed by atoms with Gasteiger partial charge >= 0.3 is 0 Å². The predicted octanol–water partition coefficient (Wildman–Crippen LogP) is 1.43. The summed E-state index contributed by atoms with van der Waals surface area (Å²) in [5.41, 5.74) is 0. The normalized spacial score (nSPS) is 43.0. The van der Waals surface area contributed by atoms with Gasteiger partial charge in [-0.2, -0.15) is 0 Å². The van der Waals surface area contributed by atoms with Crippen LogP contribution < -0.4 is 5.32 Å². The monoisotopic (exact) mass is 300 g/mol. The van der Waals surface area contributed by atoms with Crippen LogP contribution in [-0.2, 0) is 9.53 Å². The number of carbonyl (C=O) groups excluding carboxylic acids is 1. The van der Waals surface area contributed by atoms with Crippen LogP contribution in [-0.4, -0.2) is 49.2 Å². The van der Waals surface area contributed by atoms with Crippen LogP contribution in [0.25, 0.3) is 0 Å². The van der Waals surface area contributed by atoms with Crippen LogP contribution in [0, 0.1) is 17.8 Å². The fraction of sp³-hybridized carbons (Fsp3) is 0.933. The second-order valence-corrected chi connectivity index (χ2v) is 7.00. The molecule has 3 heterocycles. The summed E-state index contributed by atoms with van der Waals surface area (Å²) < 4.78 is 5.46. The molecule has 0 spiro atoms. The molecule has 4 nitrogen and oxygen atoms in total. The number of carbonyl (C=O) groups is 1. The van der Waals surface area contributed by atoms with Gasteiger partial charge in [0.1, 0.15) is 6.04 Å². The number of hydrogen-bond donors (Lipinski definition) is 1. The van der Waals surface area contributed by atoms with E-state index in [-0.39, 0.29) is 18.4 Å². The van der Waals surface area contributed by atoms with Crippen molar-refractivity contribution in [3.8, 4) is 0 Å². The summed E-state index contributed by atoms with van der Waals surface area (Å²) in [4.78, 5) is 15.0. The van der Waals surface area contributed by atoms with Crippen molar-refractivity contribution in [1.29, 1.82) is 0 Å². The van der Waals surface area contributed by atoms with E-state index in [1.54, 1.807) is 0 Å². The SMILES string of the molecule is Cl.O=C(C1COCCN1)N1CC2CC3CC(C2)CC1C3. The number of amides is 1. The van der Waals surface area contributed by atoms with Crippen LogP contribution in [0.2, 0.25) is 0 Å². The zero-order valence-electron chi connectivity index (χ0n) is 11.9. The van der Waals surface area contributed by atoms with Gasteiger partial charge in [0.15, 0.2) is 0 Å². The van der Waals surface area contributed by atoms with Gasteiger partial charge in [-0.05, 0) is 49.9 Å². The van der Waals surface area contributed by atoms with Gasteiger partial charge in [-0.3, -0.25) is 4.79 Å². The highest BCUT2D eigenvalue weighted by Crippen LogP contribution is 2.47. The Bertz CT molecular complexity index is 359. The van der Waals surface area contributed by atoms with Crippen molar-refractivity contribution >= 4 is 18.3 Å². The molecule has 3 unspecified atom stereocenters. The first-order chi connectivity index (χ1) is 9.29. The smallest absolute Gasteiger partial charge is 0.242 e. The van der Waals surface area contributed by atoms with Gasteiger partial charge in [-0.1, -0.05) is 0 Å². The molecule has 2 saturated carbocycles. The van der Waals surface area contributed by atoms with Crippen LogP contribution >= 0.6 is 12.4 Å². The quantitative estimate of drug-likeness (QED) is 0.797. The second-order valence-electron chi connectivity index (χ2n) is 7.00. The maximum Gasteiger partial charge on any atom is 0.242 e. The average Bonchev–Trinajstić information content (AvgIpc) is 2.63. The van der Waals surface area contributed by atoms with Gasteiger partial charge in [-0.15, -0.1) is 12.4 Å². The molecule has 1 amide bonds. The molecule has 1 N–H and O–H groups in total. The molecule has 0 radical (unpaired) electrons. The van der Waals surface area contributed by atoms with Crippen molar-refractivity contribution in [2.24, 2.45) is 17.8 Å². The number of nitrogens with zero attached hydrogens (tertiary/aromatic N) is 1. The zero-order valence-corrected chi connectivity index (χ0v) is 12.7. The highest BCUT2D eigenvalue weighted by molar-refractivity contribution is 5.85. The average molecular weight is 301 g/mol. The van der Waals surface area contributed by atoms with E-state index in [9.17, 15) is 4.79 Å². The lowest BCUT2D eigenvalue weighted by atomic mass is 9.68. The lowest BCUT2D eigenvalue weighted by molar-refractivity contribution is -0.139. The summed E-state index contributed by atoms with van der Waals surface area (Å²) >= 11 is 0. The summed E-state index contributed by atoms with van der Waals surface area (Å²) in [6, 6.07) is 0.428. The third-order valence-electron chi connectivity index (χ3n) is 5.61. The van der Waals surface area contributed by atoms with Crippen molar-refractivity contribution in [3.63, 3.8) is 0 Å². The summed E-state index contributed by atoms with van der Waals surface area (Å²) in [5, 5.41) is 3.32. The molecule has 4 bridgehead atoms. The topological polar surface area (TPSA) is 41.6 Å². The van der Waals surface area contributed by atoms with E-state index in [0.29, 0.717) is 18.6 Å². The first-order valence-corrected chi connectivity index (χ1v) is 7.91. The third-order valence-corrected chi connectivity index (χ3v) is 5.61. The zero-order chi connectivity index (χ0) is 12.8. The van der Waals surface area contributed by atoms with E-state index in [4.69, 9.17) is 4.74 Å². The molecule has 3 atom stereocenters. The Morgan fingerprint density at radius 2 is 1.75 bits per heavy atom. The molecule has 0 aromatic carbocycles. The van der Waals surface area contributed by atoms with Crippen molar-refractivity contribution < 1.29 is 9.53 Å². The lowest BCUT2D eigenvalue weighted by Gasteiger charge is -2.39. The molecule has 3 saturated heterocycles. The molecule has 0 aromatic rings. The van der Waals surface area contributed by atoms with Gasteiger partial charge in [0.05, 0.1) is 13.2 Å². The van der Waals surface area contributed by atoms with Gasteiger partial charge in [-0.25, -0.2) is 0 Å². The van der Waals surface area contributed by atoms with Crippen molar-refractivity contribution in [2.75, 3.05) is 26.3 Å². The molecule has 5 rings (SSSR count). The van der Waals surface area contributed by atoms with Gasteiger partial charge in [0.25, 0.3) is 0 Å². The summed E-state index contributed by atoms with van der Waals surface area (Å²) in [7, 11) is 0. The first-order valence-electron chi connectivity index (χ1n) is 7.91. The minimum absolute atomic E-state index is 0. The maximum atomic E-state index is 12.8. The molecular formula is C15H25ClN2O2. The molecule has 3 aliphatic heterocycles. The number of ether oxygens (including phenoxy) is 1. The van der Waals surface area contributed by atoms with Crippen molar-refractivity contribution in [3.05, 3.63) is 0 Å². The highest BCUT2D eigenvalue weighted by Gasteiger charge is 2.45. The van der Waals surface area contributed by atoms with E-state index in [2.05, 4.69) is 10.2 Å². The second kappa shape index (κ2) is 5.82. The molecule has 5 fully saturated rings. The first kappa shape index (κ1) is 14.6. The largest absolute Gasteiger partial charge is 0.378 e. The van der Waals surface area contributed by atoms with Crippen molar-refractivity contribution in [2.45, 2.75) is 44.2 Å². The van der Waals surface area contributed by atoms with Crippen LogP contribution in [0.4, 0.5) is 0 Å². The van der Waals surface area contributed by atoms with Crippen LogP contribution in [0.15, 0.2) is 0 Å². The third kappa shape index (κ3) is 2.58. The van der Waals surface area contributed by atoms with Gasteiger partial charge < -0.3 is 15.0 Å². The maximum absolute atomic E-state index is 12.8. The molecule has 114 valence electrons. The van der Waals surface area contributed by atoms with Crippen LogP contribution in [0.1, 0.15) is 32.1 Å². The van der Waals surface area contributed by atoms with Crippen LogP contribution in [0.3, 0.4) is 0 Å². The number of fused-ring (bicyclic) bond motifs is 1. The molecule has 5 heteroatoms. The Morgan fingerprint density at radius 3 is 2.40 bits per heavy atom. The molecule has 5 aliphatic rings. The Balaban J connectivity index is 0.00000121. The fourth-order valence-corrected chi connectivity index (χ4v) is 4.98. The fourth-order valence-electron chi connectivity index (χ4n) is 4.98. The number of halogens is 1. The van der Waals surface area contributed by atoms with Gasteiger partial charge in [0.2, 0.25) is 5.91 Å². The molecule has 20 heavy (non-hydrogen) atoms. The number of hydrogen-bond acceptors (Lipinski definition) is 3. The number of morpholine rings is 1. The Kier molecular flexibility index (Phi) is 4.25. The number of rotatable bonds is 1. The van der Waals surface area contributed by atoms with E-state index in [0.717, 1.165) is 37.5 Å². The minimum Gasteiger partial charge on any atom is -0.378 e. The van der Waals surface area contributed by atoms with E-state index in [1.807, 2.05) is 0 Å². The van der Waals surface area contributed by atoms with E-state index in [1.165, 1.54) is 32.1 Å². The number of nitrogens with one attached hydrogen (secondary N) is 1. The molecule has 0 aromatic heterocycles. The Morgan fingerprint density at radius 1 is 1.05 bits per heavy atom. The summed E-state index contributed by atoms with van der Waals surface area (Å²) in [5.74, 6) is 2.87. The van der Waals surface area contributed by atoms with E-state index < -0.39 is 0 Å². The molecule has 2 aliphatic carbocycles. The molecular weight excluding hydrogens is 276 g/mol. The van der Waals surface area contributed by atoms with Gasteiger partial charge in [0, 0.05) is 19.1 Å². The Labute approximate surface area is 127 Å². The van der Waals surface area contributed by atoms with E-state index >= 15 is 0 Å².